The van der Waals surface area contributed by atoms with E-state index in [-0.39, 0.29) is 22.3 Å². The van der Waals surface area contributed by atoms with Gasteiger partial charge in [0.15, 0.2) is 5.16 Å². The Bertz CT molecular complexity index is 750. The number of nitrogens with one attached hydrogen (secondary N) is 1. The van der Waals surface area contributed by atoms with Crippen LogP contribution in [0.5, 0.6) is 0 Å². The Balaban J connectivity index is 2.07. The number of aromatic nitrogens is 2. The second kappa shape index (κ2) is 8.16. The molecule has 0 fully saturated rings. The highest BCUT2D eigenvalue weighted by atomic mass is 35.5. The van der Waals surface area contributed by atoms with Crippen molar-refractivity contribution in [1.29, 1.82) is 0 Å². The Morgan fingerprint density at radius 2 is 2.29 bits per heavy atom. The maximum Gasteiger partial charge on any atom is 0.271 e. The largest absolute Gasteiger partial charge is 0.326 e. The molecule has 0 spiro atoms. The molecule has 1 amide bonds. The summed E-state index contributed by atoms with van der Waals surface area (Å²) in [7, 11) is 0. The van der Waals surface area contributed by atoms with Crippen molar-refractivity contribution in [2.45, 2.75) is 37.2 Å². The number of thioether (sulfide) groups is 1. The summed E-state index contributed by atoms with van der Waals surface area (Å²) in [6, 6.07) is 3.93. The van der Waals surface area contributed by atoms with Gasteiger partial charge in [-0.15, -0.1) is 0 Å². The van der Waals surface area contributed by atoms with Gasteiger partial charge in [-0.1, -0.05) is 30.3 Å². The average Bonchev–Trinajstić information content (AvgIpc) is 2.96. The number of rotatable bonds is 7. The molecule has 0 aliphatic heterocycles. The van der Waals surface area contributed by atoms with Gasteiger partial charge in [-0.3, -0.25) is 14.9 Å². The summed E-state index contributed by atoms with van der Waals surface area (Å²) in [4.78, 5) is 26.9. The summed E-state index contributed by atoms with van der Waals surface area (Å²) in [6.45, 7) is 4.64. The van der Waals surface area contributed by atoms with Crippen molar-refractivity contribution in [3.63, 3.8) is 0 Å². The third-order valence-electron chi connectivity index (χ3n) is 3.21. The van der Waals surface area contributed by atoms with E-state index in [1.165, 1.54) is 30.0 Å². The molecule has 1 N–H and O–H groups in total. The summed E-state index contributed by atoms with van der Waals surface area (Å²) in [5, 5.41) is 14.0. The van der Waals surface area contributed by atoms with E-state index in [4.69, 9.17) is 11.6 Å². The van der Waals surface area contributed by atoms with Gasteiger partial charge in [-0.05, 0) is 19.4 Å². The molecule has 1 aromatic carbocycles. The lowest BCUT2D eigenvalue weighted by molar-refractivity contribution is -0.384. The number of nitrogens with zero attached hydrogens (tertiary/aromatic N) is 3. The minimum absolute atomic E-state index is 0.131. The molecule has 2 rings (SSSR count). The van der Waals surface area contributed by atoms with Crippen LogP contribution in [0.4, 0.5) is 11.4 Å². The fourth-order valence-electron chi connectivity index (χ4n) is 1.99. The van der Waals surface area contributed by atoms with E-state index >= 15 is 0 Å². The van der Waals surface area contributed by atoms with Gasteiger partial charge in [-0.25, -0.2) is 4.98 Å². The number of carbonyl (C=O) groups excluding carboxylic acids is 1. The minimum Gasteiger partial charge on any atom is -0.326 e. The highest BCUT2D eigenvalue weighted by Crippen LogP contribution is 2.28. The lowest BCUT2D eigenvalue weighted by atomic mass is 10.2. The highest BCUT2D eigenvalue weighted by Gasteiger charge is 2.19. The number of amides is 1. The first-order valence-corrected chi connectivity index (χ1v) is 8.60. The fraction of sp³-hybridized carbons (Fsp3) is 0.333. The van der Waals surface area contributed by atoms with Crippen LogP contribution in [0.25, 0.3) is 0 Å². The minimum atomic E-state index is -0.536. The second-order valence-corrected chi connectivity index (χ2v) is 6.79. The molecule has 24 heavy (non-hydrogen) atoms. The lowest BCUT2D eigenvalue weighted by Gasteiger charge is -2.13. The van der Waals surface area contributed by atoms with E-state index in [0.29, 0.717) is 0 Å². The number of aryl methyl sites for hydroxylation is 1. The zero-order valence-electron chi connectivity index (χ0n) is 13.2. The van der Waals surface area contributed by atoms with Crippen LogP contribution in [-0.4, -0.2) is 25.6 Å². The Morgan fingerprint density at radius 1 is 1.54 bits per heavy atom. The SMILES string of the molecule is CCCn1ccnc1SC(C)C(=O)Nc1cc([N+](=O)[O-])ccc1Cl. The van der Waals surface area contributed by atoms with E-state index in [0.717, 1.165) is 18.1 Å². The third-order valence-corrected chi connectivity index (χ3v) is 4.66. The summed E-state index contributed by atoms with van der Waals surface area (Å²) in [5.41, 5.74) is 0.0914. The number of hydrogen-bond acceptors (Lipinski definition) is 5. The summed E-state index contributed by atoms with van der Waals surface area (Å²) in [6.07, 6.45) is 4.53. The molecule has 9 heteroatoms. The quantitative estimate of drug-likeness (QED) is 0.453. The Kier molecular flexibility index (Phi) is 6.22. The van der Waals surface area contributed by atoms with Crippen molar-refractivity contribution in [2.75, 3.05) is 5.32 Å². The van der Waals surface area contributed by atoms with E-state index in [2.05, 4.69) is 17.2 Å². The molecule has 0 aliphatic carbocycles. The van der Waals surface area contributed by atoms with Gasteiger partial charge in [0, 0.05) is 31.1 Å². The first-order valence-electron chi connectivity index (χ1n) is 7.35. The molecule has 7 nitrogen and oxygen atoms in total. The molecule has 0 saturated carbocycles. The molecule has 0 radical (unpaired) electrons. The van der Waals surface area contributed by atoms with Crippen molar-refractivity contribution in [1.82, 2.24) is 9.55 Å². The Morgan fingerprint density at radius 3 is 2.96 bits per heavy atom. The number of nitro groups is 1. The van der Waals surface area contributed by atoms with Crippen LogP contribution >= 0.6 is 23.4 Å². The molecule has 1 aromatic heterocycles. The zero-order chi connectivity index (χ0) is 17.7. The van der Waals surface area contributed by atoms with Crippen LogP contribution in [-0.2, 0) is 11.3 Å². The Labute approximate surface area is 148 Å². The number of nitro benzene ring substituents is 1. The van der Waals surface area contributed by atoms with Gasteiger partial charge < -0.3 is 9.88 Å². The number of anilines is 1. The molecule has 1 heterocycles. The highest BCUT2D eigenvalue weighted by molar-refractivity contribution is 8.00. The first kappa shape index (κ1) is 18.3. The van der Waals surface area contributed by atoms with E-state index in [9.17, 15) is 14.9 Å². The predicted octanol–water partition coefficient (Wildman–Crippen LogP) is 3.97. The topological polar surface area (TPSA) is 90.1 Å². The maximum absolute atomic E-state index is 12.3. The first-order chi connectivity index (χ1) is 11.4. The van der Waals surface area contributed by atoms with Crippen LogP contribution in [0, 0.1) is 10.1 Å². The molecular formula is C15H17ClN4O3S. The molecule has 0 aliphatic rings. The van der Waals surface area contributed by atoms with Crippen molar-refractivity contribution in [3.8, 4) is 0 Å². The van der Waals surface area contributed by atoms with Gasteiger partial charge in [0.1, 0.15) is 0 Å². The number of imidazole rings is 1. The molecule has 1 atom stereocenters. The van der Waals surface area contributed by atoms with Gasteiger partial charge in [0.05, 0.1) is 20.9 Å². The van der Waals surface area contributed by atoms with Crippen LogP contribution < -0.4 is 5.32 Å². The molecular weight excluding hydrogens is 352 g/mol. The molecule has 0 bridgehead atoms. The van der Waals surface area contributed by atoms with Crippen molar-refractivity contribution in [3.05, 3.63) is 45.7 Å². The zero-order valence-corrected chi connectivity index (χ0v) is 14.8. The lowest BCUT2D eigenvalue weighted by Crippen LogP contribution is -2.23. The smallest absolute Gasteiger partial charge is 0.271 e. The maximum atomic E-state index is 12.3. The van der Waals surface area contributed by atoms with Crippen molar-refractivity contribution < 1.29 is 9.72 Å². The van der Waals surface area contributed by atoms with Gasteiger partial charge in [0.2, 0.25) is 5.91 Å². The Hall–Kier alpha value is -2.06. The van der Waals surface area contributed by atoms with Crippen LogP contribution in [0.3, 0.4) is 0 Å². The average molecular weight is 369 g/mol. The normalized spacial score (nSPS) is 12.0. The van der Waals surface area contributed by atoms with E-state index in [1.54, 1.807) is 13.1 Å². The fourth-order valence-corrected chi connectivity index (χ4v) is 3.05. The van der Waals surface area contributed by atoms with Crippen molar-refractivity contribution >= 4 is 40.6 Å². The van der Waals surface area contributed by atoms with Gasteiger partial charge >= 0.3 is 0 Å². The second-order valence-electron chi connectivity index (χ2n) is 5.07. The number of halogens is 1. The summed E-state index contributed by atoms with van der Waals surface area (Å²) < 4.78 is 1.98. The number of benzene rings is 1. The van der Waals surface area contributed by atoms with Gasteiger partial charge in [0.25, 0.3) is 5.69 Å². The molecule has 1 unspecified atom stereocenters. The number of hydrogen-bond donors (Lipinski definition) is 1. The van der Waals surface area contributed by atoms with E-state index in [1.807, 2.05) is 10.8 Å². The third kappa shape index (κ3) is 4.48. The monoisotopic (exact) mass is 368 g/mol. The summed E-state index contributed by atoms with van der Waals surface area (Å²) >= 11 is 7.32. The van der Waals surface area contributed by atoms with E-state index < -0.39 is 10.2 Å². The summed E-state index contributed by atoms with van der Waals surface area (Å²) in [5.74, 6) is -0.298. The van der Waals surface area contributed by atoms with Crippen LogP contribution in [0.2, 0.25) is 5.02 Å². The van der Waals surface area contributed by atoms with Crippen LogP contribution in [0.1, 0.15) is 20.3 Å². The standard InChI is InChI=1S/C15H17ClN4O3S/c1-3-7-19-8-6-17-15(19)24-10(2)14(21)18-13-9-11(20(22)23)4-5-12(13)16/h4-6,8-10H,3,7H2,1-2H3,(H,18,21). The number of carbonyl (C=O) groups is 1. The molecule has 0 saturated heterocycles. The number of non-ortho nitro benzene ring substituents is 1. The molecule has 2 aromatic rings. The molecule has 128 valence electrons. The van der Waals surface area contributed by atoms with Crippen molar-refractivity contribution in [2.24, 2.45) is 0 Å². The van der Waals surface area contributed by atoms with Gasteiger partial charge in [-0.2, -0.15) is 0 Å². The van der Waals surface area contributed by atoms with Crippen LogP contribution in [0.15, 0.2) is 35.7 Å². The predicted molar refractivity (Wildman–Crippen MR) is 94.6 cm³/mol.